The van der Waals surface area contributed by atoms with Gasteiger partial charge in [0.15, 0.2) is 0 Å². The summed E-state index contributed by atoms with van der Waals surface area (Å²) >= 11 is 0. The molecular weight excluding hydrogens is 361 g/mol. The standard InChI is InChI=1S/C18H20FNO5S/c1-2-3-13-4-7-15(8-5-13)25-11-10-20-26(23,24)17-12-14(18(21)22)6-9-16(17)19/h4-9,12,20H,2-3,10-11H2,1H3,(H,21,22). The molecule has 0 aliphatic carbocycles. The number of hydrogen-bond donors (Lipinski definition) is 2. The number of aryl methyl sites for hydroxylation is 1. The zero-order chi connectivity index (χ0) is 19.2. The predicted molar refractivity (Wildman–Crippen MR) is 94.5 cm³/mol. The van der Waals surface area contributed by atoms with Gasteiger partial charge in [-0.2, -0.15) is 0 Å². The van der Waals surface area contributed by atoms with Crippen molar-refractivity contribution >= 4 is 16.0 Å². The average molecular weight is 381 g/mol. The van der Waals surface area contributed by atoms with Crippen molar-refractivity contribution in [1.82, 2.24) is 4.72 Å². The van der Waals surface area contributed by atoms with Gasteiger partial charge in [-0.15, -0.1) is 0 Å². The van der Waals surface area contributed by atoms with Crippen LogP contribution in [0.2, 0.25) is 0 Å². The van der Waals surface area contributed by atoms with E-state index in [4.69, 9.17) is 9.84 Å². The molecule has 0 heterocycles. The molecule has 26 heavy (non-hydrogen) atoms. The smallest absolute Gasteiger partial charge is 0.335 e. The number of sulfonamides is 1. The average Bonchev–Trinajstić information content (AvgIpc) is 2.60. The van der Waals surface area contributed by atoms with Crippen LogP contribution in [0.3, 0.4) is 0 Å². The van der Waals surface area contributed by atoms with E-state index in [1.807, 2.05) is 12.1 Å². The maximum atomic E-state index is 13.8. The Bertz CT molecular complexity index is 866. The second-order valence-electron chi connectivity index (χ2n) is 5.59. The maximum Gasteiger partial charge on any atom is 0.335 e. The van der Waals surface area contributed by atoms with Gasteiger partial charge < -0.3 is 9.84 Å². The molecule has 0 aliphatic rings. The molecule has 0 unspecified atom stereocenters. The van der Waals surface area contributed by atoms with Crippen LogP contribution in [0.4, 0.5) is 4.39 Å². The minimum Gasteiger partial charge on any atom is -0.492 e. The highest BCUT2D eigenvalue weighted by Gasteiger charge is 2.20. The highest BCUT2D eigenvalue weighted by atomic mass is 32.2. The molecule has 6 nitrogen and oxygen atoms in total. The number of carbonyl (C=O) groups is 1. The summed E-state index contributed by atoms with van der Waals surface area (Å²) in [6, 6.07) is 10.1. The molecule has 8 heteroatoms. The number of hydrogen-bond acceptors (Lipinski definition) is 4. The fourth-order valence-electron chi connectivity index (χ4n) is 2.31. The first-order chi connectivity index (χ1) is 12.3. The lowest BCUT2D eigenvalue weighted by molar-refractivity contribution is 0.0696. The second kappa shape index (κ2) is 8.77. The summed E-state index contributed by atoms with van der Waals surface area (Å²) in [6.45, 7) is 2.05. The van der Waals surface area contributed by atoms with Crippen molar-refractivity contribution in [2.75, 3.05) is 13.2 Å². The van der Waals surface area contributed by atoms with Crippen LogP contribution in [0.15, 0.2) is 47.4 Å². The Kier molecular flexibility index (Phi) is 6.70. The molecule has 0 fully saturated rings. The molecule has 2 rings (SSSR count). The van der Waals surface area contributed by atoms with Crippen LogP contribution >= 0.6 is 0 Å². The van der Waals surface area contributed by atoms with E-state index >= 15 is 0 Å². The van der Waals surface area contributed by atoms with Crippen molar-refractivity contribution < 1.29 is 27.4 Å². The molecule has 2 aromatic rings. The Balaban J connectivity index is 1.94. The normalized spacial score (nSPS) is 11.3. The fourth-order valence-corrected chi connectivity index (χ4v) is 3.42. The minimum atomic E-state index is -4.18. The summed E-state index contributed by atoms with van der Waals surface area (Å²) in [4.78, 5) is 10.2. The van der Waals surface area contributed by atoms with Crippen LogP contribution in [-0.2, 0) is 16.4 Å². The van der Waals surface area contributed by atoms with Gasteiger partial charge in [0.25, 0.3) is 0 Å². The largest absolute Gasteiger partial charge is 0.492 e. The van der Waals surface area contributed by atoms with Crippen molar-refractivity contribution in [3.05, 3.63) is 59.4 Å². The van der Waals surface area contributed by atoms with Crippen molar-refractivity contribution in [1.29, 1.82) is 0 Å². The van der Waals surface area contributed by atoms with Crippen LogP contribution in [0.5, 0.6) is 5.75 Å². The summed E-state index contributed by atoms with van der Waals surface area (Å²) in [5, 5.41) is 8.90. The van der Waals surface area contributed by atoms with Gasteiger partial charge in [-0.25, -0.2) is 22.3 Å². The van der Waals surface area contributed by atoms with Gasteiger partial charge in [0.1, 0.15) is 23.1 Å². The summed E-state index contributed by atoms with van der Waals surface area (Å²) in [6.07, 6.45) is 2.02. The lowest BCUT2D eigenvalue weighted by Gasteiger charge is -2.10. The van der Waals surface area contributed by atoms with Gasteiger partial charge in [-0.05, 0) is 42.3 Å². The lowest BCUT2D eigenvalue weighted by atomic mass is 10.1. The Hall–Kier alpha value is -2.45. The number of carboxylic acids is 1. The molecule has 0 aliphatic heterocycles. The number of carboxylic acid groups (broad SMARTS) is 1. The highest BCUT2D eigenvalue weighted by molar-refractivity contribution is 7.89. The number of halogens is 1. The first-order valence-corrected chi connectivity index (χ1v) is 9.56. The summed E-state index contributed by atoms with van der Waals surface area (Å²) in [5.41, 5.74) is 0.879. The van der Waals surface area contributed by atoms with E-state index < -0.39 is 26.7 Å². The zero-order valence-corrected chi connectivity index (χ0v) is 15.1. The Morgan fingerprint density at radius 3 is 2.50 bits per heavy atom. The summed E-state index contributed by atoms with van der Waals surface area (Å²) in [5.74, 6) is -1.76. The van der Waals surface area contributed by atoms with Crippen LogP contribution in [0.25, 0.3) is 0 Å². The van der Waals surface area contributed by atoms with Crippen molar-refractivity contribution in [2.45, 2.75) is 24.7 Å². The molecule has 0 saturated heterocycles. The quantitative estimate of drug-likeness (QED) is 0.652. The molecule has 0 aromatic heterocycles. The van der Waals surface area contributed by atoms with Gasteiger partial charge >= 0.3 is 5.97 Å². The highest BCUT2D eigenvalue weighted by Crippen LogP contribution is 2.17. The molecule has 0 saturated carbocycles. The van der Waals surface area contributed by atoms with Gasteiger partial charge in [-0.1, -0.05) is 25.5 Å². The van der Waals surface area contributed by atoms with Crippen molar-refractivity contribution in [3.63, 3.8) is 0 Å². The molecule has 0 bridgehead atoms. The Morgan fingerprint density at radius 1 is 1.19 bits per heavy atom. The van der Waals surface area contributed by atoms with E-state index in [1.54, 1.807) is 12.1 Å². The number of rotatable bonds is 9. The zero-order valence-electron chi connectivity index (χ0n) is 14.2. The molecule has 0 spiro atoms. The van der Waals surface area contributed by atoms with Crippen LogP contribution < -0.4 is 9.46 Å². The fraction of sp³-hybridized carbons (Fsp3) is 0.278. The molecule has 2 N–H and O–H groups in total. The topological polar surface area (TPSA) is 92.7 Å². The predicted octanol–water partition coefficient (Wildman–Crippen LogP) is 2.83. The van der Waals surface area contributed by atoms with Gasteiger partial charge in [0, 0.05) is 6.54 Å². The molecule has 0 amide bonds. The SMILES string of the molecule is CCCc1ccc(OCCNS(=O)(=O)c2cc(C(=O)O)ccc2F)cc1. The lowest BCUT2D eigenvalue weighted by Crippen LogP contribution is -2.29. The number of nitrogens with one attached hydrogen (secondary N) is 1. The van der Waals surface area contributed by atoms with E-state index in [0.717, 1.165) is 31.0 Å². The second-order valence-corrected chi connectivity index (χ2v) is 7.33. The molecule has 0 atom stereocenters. The molecular formula is C18H20FNO5S. The first kappa shape index (κ1) is 19.9. The van der Waals surface area contributed by atoms with E-state index in [1.165, 1.54) is 5.56 Å². The van der Waals surface area contributed by atoms with E-state index in [2.05, 4.69) is 11.6 Å². The summed E-state index contributed by atoms with van der Waals surface area (Å²) < 4.78 is 45.7. The third kappa shape index (κ3) is 5.27. The van der Waals surface area contributed by atoms with E-state index in [0.29, 0.717) is 5.75 Å². The number of ether oxygens (including phenoxy) is 1. The van der Waals surface area contributed by atoms with Crippen LogP contribution in [0.1, 0.15) is 29.3 Å². The Morgan fingerprint density at radius 2 is 1.88 bits per heavy atom. The monoisotopic (exact) mass is 381 g/mol. The molecule has 0 radical (unpaired) electrons. The van der Waals surface area contributed by atoms with E-state index in [-0.39, 0.29) is 18.7 Å². The first-order valence-electron chi connectivity index (χ1n) is 8.07. The van der Waals surface area contributed by atoms with E-state index in [9.17, 15) is 17.6 Å². The molecule has 140 valence electrons. The van der Waals surface area contributed by atoms with Crippen LogP contribution in [-0.4, -0.2) is 32.6 Å². The van der Waals surface area contributed by atoms with Gasteiger partial charge in [0.2, 0.25) is 10.0 Å². The third-order valence-electron chi connectivity index (χ3n) is 3.59. The third-order valence-corrected chi connectivity index (χ3v) is 5.07. The van der Waals surface area contributed by atoms with Crippen molar-refractivity contribution in [2.24, 2.45) is 0 Å². The minimum absolute atomic E-state index is 0.0482. The summed E-state index contributed by atoms with van der Waals surface area (Å²) in [7, 11) is -4.18. The van der Waals surface area contributed by atoms with Gasteiger partial charge in [-0.3, -0.25) is 0 Å². The Labute approximate surface area is 151 Å². The number of benzene rings is 2. The van der Waals surface area contributed by atoms with Crippen LogP contribution in [0, 0.1) is 5.82 Å². The maximum absolute atomic E-state index is 13.8. The van der Waals surface area contributed by atoms with Crippen molar-refractivity contribution in [3.8, 4) is 5.75 Å². The number of aromatic carboxylic acids is 1. The molecule has 2 aromatic carbocycles. The van der Waals surface area contributed by atoms with Gasteiger partial charge in [0.05, 0.1) is 5.56 Å².